The van der Waals surface area contributed by atoms with Gasteiger partial charge in [0.1, 0.15) is 5.82 Å². The molecule has 0 aliphatic carbocycles. The minimum absolute atomic E-state index is 0.0125. The van der Waals surface area contributed by atoms with Gasteiger partial charge in [-0.15, -0.1) is 0 Å². The largest absolute Gasteiger partial charge is 0.478 e. The summed E-state index contributed by atoms with van der Waals surface area (Å²) in [6.07, 6.45) is 1.69. The molecule has 0 aromatic heterocycles. The number of nitrogens with one attached hydrogen (secondary N) is 2. The van der Waals surface area contributed by atoms with Crippen molar-refractivity contribution in [2.24, 2.45) is 0 Å². The van der Waals surface area contributed by atoms with Crippen molar-refractivity contribution in [1.29, 1.82) is 0 Å². The molecule has 8 nitrogen and oxygen atoms in total. The lowest BCUT2D eigenvalue weighted by Crippen LogP contribution is -2.32. The van der Waals surface area contributed by atoms with Crippen LogP contribution in [0.4, 0.5) is 10.1 Å². The maximum Gasteiger partial charge on any atom is 0.338 e. The Labute approximate surface area is 166 Å². The predicted octanol–water partition coefficient (Wildman–Crippen LogP) is 2.23. The van der Waals surface area contributed by atoms with Crippen LogP contribution < -0.4 is 10.0 Å². The van der Waals surface area contributed by atoms with Crippen LogP contribution in [0, 0.1) is 5.82 Å². The number of hydrogen-bond donors (Lipinski definition) is 3. The molecule has 3 rings (SSSR count). The second-order valence-electron chi connectivity index (χ2n) is 6.44. The molecule has 29 heavy (non-hydrogen) atoms. The van der Waals surface area contributed by atoms with Gasteiger partial charge in [0.2, 0.25) is 0 Å². The van der Waals surface area contributed by atoms with E-state index >= 15 is 0 Å². The molecular formula is C19H19FN2O6S. The van der Waals surface area contributed by atoms with E-state index in [1.165, 1.54) is 12.1 Å². The summed E-state index contributed by atoms with van der Waals surface area (Å²) in [7, 11) is -4.26. The number of ether oxygens (including phenoxy) is 1. The van der Waals surface area contributed by atoms with Gasteiger partial charge in [0.15, 0.2) is 0 Å². The number of aromatic carboxylic acids is 1. The van der Waals surface area contributed by atoms with Crippen molar-refractivity contribution in [3.8, 4) is 0 Å². The summed E-state index contributed by atoms with van der Waals surface area (Å²) in [4.78, 5) is 23.1. The lowest BCUT2D eigenvalue weighted by atomic mass is 10.1. The van der Waals surface area contributed by atoms with Gasteiger partial charge in [0, 0.05) is 13.2 Å². The van der Waals surface area contributed by atoms with Gasteiger partial charge in [-0.2, -0.15) is 0 Å². The van der Waals surface area contributed by atoms with Gasteiger partial charge in [-0.3, -0.25) is 9.52 Å². The zero-order valence-electron chi connectivity index (χ0n) is 15.2. The van der Waals surface area contributed by atoms with E-state index in [4.69, 9.17) is 9.84 Å². The molecule has 1 fully saturated rings. The lowest BCUT2D eigenvalue weighted by molar-refractivity contribution is 0.0691. The monoisotopic (exact) mass is 422 g/mol. The molecule has 0 saturated carbocycles. The number of carboxylic acids is 1. The highest BCUT2D eigenvalue weighted by Gasteiger charge is 2.22. The van der Waals surface area contributed by atoms with Crippen LogP contribution in [0.2, 0.25) is 0 Å². The normalized spacial score (nSPS) is 16.4. The number of hydrogen-bond acceptors (Lipinski definition) is 5. The van der Waals surface area contributed by atoms with Crippen LogP contribution in [0.25, 0.3) is 0 Å². The highest BCUT2D eigenvalue weighted by Crippen LogP contribution is 2.22. The average Bonchev–Trinajstić information content (AvgIpc) is 3.20. The van der Waals surface area contributed by atoms with E-state index in [0.29, 0.717) is 13.2 Å². The van der Waals surface area contributed by atoms with Crippen LogP contribution in [-0.2, 0) is 14.8 Å². The SMILES string of the molecule is O=C(O)c1cc(S(=O)(=O)Nc2ccccc2C(=O)NC[C@H]2CCCO2)ccc1F. The van der Waals surface area contributed by atoms with E-state index in [-0.39, 0.29) is 17.4 Å². The van der Waals surface area contributed by atoms with E-state index in [2.05, 4.69) is 10.0 Å². The van der Waals surface area contributed by atoms with Gasteiger partial charge in [-0.1, -0.05) is 12.1 Å². The molecule has 2 aromatic rings. The van der Waals surface area contributed by atoms with Crippen molar-refractivity contribution in [2.45, 2.75) is 23.8 Å². The summed E-state index contributed by atoms with van der Waals surface area (Å²) in [6, 6.07) is 8.42. The first-order chi connectivity index (χ1) is 13.8. The molecule has 1 amide bonds. The summed E-state index contributed by atoms with van der Waals surface area (Å²) >= 11 is 0. The Morgan fingerprint density at radius 1 is 1.17 bits per heavy atom. The van der Waals surface area contributed by atoms with Gasteiger partial charge in [0.25, 0.3) is 15.9 Å². The minimum Gasteiger partial charge on any atom is -0.478 e. The van der Waals surface area contributed by atoms with Crippen LogP contribution in [-0.4, -0.2) is 44.7 Å². The number of anilines is 1. The summed E-state index contributed by atoms with van der Waals surface area (Å²) in [5, 5.41) is 11.7. The van der Waals surface area contributed by atoms with Crippen molar-refractivity contribution in [2.75, 3.05) is 17.9 Å². The molecule has 0 bridgehead atoms. The van der Waals surface area contributed by atoms with Crippen LogP contribution >= 0.6 is 0 Å². The van der Waals surface area contributed by atoms with Crippen LogP contribution in [0.3, 0.4) is 0 Å². The first-order valence-electron chi connectivity index (χ1n) is 8.82. The van der Waals surface area contributed by atoms with E-state index < -0.39 is 38.2 Å². The number of benzene rings is 2. The van der Waals surface area contributed by atoms with Crippen molar-refractivity contribution in [3.63, 3.8) is 0 Å². The third kappa shape index (κ3) is 4.90. The Morgan fingerprint density at radius 2 is 1.93 bits per heavy atom. The van der Waals surface area contributed by atoms with Crippen LogP contribution in [0.15, 0.2) is 47.4 Å². The molecule has 3 N–H and O–H groups in total. The van der Waals surface area contributed by atoms with Gasteiger partial charge in [-0.25, -0.2) is 17.6 Å². The number of halogens is 1. The van der Waals surface area contributed by atoms with Crippen molar-refractivity contribution in [3.05, 3.63) is 59.4 Å². The molecule has 1 saturated heterocycles. The lowest BCUT2D eigenvalue weighted by Gasteiger charge is -2.14. The minimum atomic E-state index is -4.26. The van der Waals surface area contributed by atoms with Crippen molar-refractivity contribution < 1.29 is 32.2 Å². The summed E-state index contributed by atoms with van der Waals surface area (Å²) < 4.78 is 46.6. The third-order valence-electron chi connectivity index (χ3n) is 4.41. The molecule has 1 aliphatic heterocycles. The Morgan fingerprint density at radius 3 is 2.62 bits per heavy atom. The van der Waals surface area contributed by atoms with E-state index in [1.54, 1.807) is 12.1 Å². The van der Waals surface area contributed by atoms with E-state index in [9.17, 15) is 22.4 Å². The molecule has 0 radical (unpaired) electrons. The Bertz CT molecular complexity index is 1030. The summed E-state index contributed by atoms with van der Waals surface area (Å²) in [5.41, 5.74) is -0.663. The Hall–Kier alpha value is -2.98. The fraction of sp³-hybridized carbons (Fsp3) is 0.263. The number of para-hydroxylation sites is 1. The summed E-state index contributed by atoms with van der Waals surface area (Å²) in [5.74, 6) is -3.12. The molecule has 1 atom stereocenters. The molecule has 0 unspecified atom stereocenters. The molecule has 2 aromatic carbocycles. The second-order valence-corrected chi connectivity index (χ2v) is 8.13. The topological polar surface area (TPSA) is 122 Å². The maximum atomic E-state index is 13.6. The van der Waals surface area contributed by atoms with Crippen LogP contribution in [0.1, 0.15) is 33.6 Å². The quantitative estimate of drug-likeness (QED) is 0.629. The number of amides is 1. The number of sulfonamides is 1. The smallest absolute Gasteiger partial charge is 0.338 e. The standard InChI is InChI=1S/C19H19FN2O6S/c20-16-8-7-13(10-15(16)19(24)25)29(26,27)22-17-6-2-1-5-14(17)18(23)21-11-12-4-3-9-28-12/h1-2,5-8,10,12,22H,3-4,9,11H2,(H,21,23)(H,24,25)/t12-/m1/s1. The number of carbonyl (C=O) groups is 2. The highest BCUT2D eigenvalue weighted by molar-refractivity contribution is 7.92. The second kappa shape index (κ2) is 8.58. The average molecular weight is 422 g/mol. The summed E-state index contributed by atoms with van der Waals surface area (Å²) in [6.45, 7) is 0.951. The van der Waals surface area contributed by atoms with Gasteiger partial charge >= 0.3 is 5.97 Å². The van der Waals surface area contributed by atoms with E-state index in [0.717, 1.165) is 31.0 Å². The van der Waals surface area contributed by atoms with Gasteiger partial charge in [-0.05, 0) is 43.2 Å². The maximum absolute atomic E-state index is 13.6. The molecule has 1 heterocycles. The van der Waals surface area contributed by atoms with Crippen molar-refractivity contribution in [1.82, 2.24) is 5.32 Å². The molecular weight excluding hydrogens is 403 g/mol. The third-order valence-corrected chi connectivity index (χ3v) is 5.77. The Kier molecular flexibility index (Phi) is 6.14. The Balaban J connectivity index is 1.81. The molecule has 0 spiro atoms. The molecule has 1 aliphatic rings. The first-order valence-corrected chi connectivity index (χ1v) is 10.3. The fourth-order valence-corrected chi connectivity index (χ4v) is 4.02. The van der Waals surface area contributed by atoms with E-state index in [1.807, 2.05) is 0 Å². The van der Waals surface area contributed by atoms with Gasteiger partial charge < -0.3 is 15.2 Å². The molecule has 154 valence electrons. The highest BCUT2D eigenvalue weighted by atomic mass is 32.2. The fourth-order valence-electron chi connectivity index (χ4n) is 2.92. The van der Waals surface area contributed by atoms with Crippen LogP contribution in [0.5, 0.6) is 0 Å². The first kappa shape index (κ1) is 20.7. The predicted molar refractivity (Wildman–Crippen MR) is 102 cm³/mol. The molecule has 10 heteroatoms. The number of carboxylic acid groups (broad SMARTS) is 1. The zero-order valence-corrected chi connectivity index (χ0v) is 16.0. The number of carbonyl (C=O) groups excluding carboxylic acids is 1. The number of rotatable bonds is 7. The van der Waals surface area contributed by atoms with Crippen molar-refractivity contribution >= 4 is 27.6 Å². The van der Waals surface area contributed by atoms with Gasteiger partial charge in [0.05, 0.1) is 27.8 Å². The zero-order chi connectivity index (χ0) is 21.0.